The lowest BCUT2D eigenvalue weighted by Crippen LogP contribution is -2.34. The Hall–Kier alpha value is -1.07. The van der Waals surface area contributed by atoms with Crippen molar-refractivity contribution in [2.24, 2.45) is 5.41 Å². The van der Waals surface area contributed by atoms with Crippen molar-refractivity contribution in [3.8, 4) is 0 Å². The van der Waals surface area contributed by atoms with Gasteiger partial charge in [0, 0.05) is 25.8 Å². The third-order valence-electron chi connectivity index (χ3n) is 2.84. The van der Waals surface area contributed by atoms with Crippen LogP contribution in [-0.4, -0.2) is 32.9 Å². The van der Waals surface area contributed by atoms with Crippen LogP contribution < -0.4 is 5.32 Å². The third-order valence-corrected chi connectivity index (χ3v) is 4.66. The summed E-state index contributed by atoms with van der Waals surface area (Å²) in [6, 6.07) is 6.94. The van der Waals surface area contributed by atoms with Gasteiger partial charge in [-0.2, -0.15) is 0 Å². The van der Waals surface area contributed by atoms with Gasteiger partial charge < -0.3 is 5.32 Å². The van der Waals surface area contributed by atoms with Crippen LogP contribution in [-0.2, 0) is 10.0 Å². The first-order valence-corrected chi connectivity index (χ1v) is 8.41. The highest BCUT2D eigenvalue weighted by molar-refractivity contribution is 7.89. The Morgan fingerprint density at radius 2 is 1.70 bits per heavy atom. The van der Waals surface area contributed by atoms with Crippen LogP contribution in [0.4, 0.5) is 5.69 Å². The molecule has 0 heterocycles. The SMILES string of the molecule is CCCNc1ccc(S(=O)(=O)N(C)CC(C)(C)C)cc1. The lowest BCUT2D eigenvalue weighted by molar-refractivity contribution is 0.311. The van der Waals surface area contributed by atoms with Crippen molar-refractivity contribution in [3.05, 3.63) is 24.3 Å². The van der Waals surface area contributed by atoms with Crippen LogP contribution in [0, 0.1) is 5.41 Å². The Bertz CT molecular complexity index is 516. The minimum atomic E-state index is -3.40. The lowest BCUT2D eigenvalue weighted by atomic mass is 9.97. The molecule has 1 rings (SSSR count). The molecule has 0 aromatic heterocycles. The number of anilines is 1. The molecule has 20 heavy (non-hydrogen) atoms. The molecule has 0 aliphatic rings. The second-order valence-electron chi connectivity index (χ2n) is 6.27. The Balaban J connectivity index is 2.87. The molecule has 0 fully saturated rings. The zero-order chi connectivity index (χ0) is 15.4. The fourth-order valence-electron chi connectivity index (χ4n) is 1.95. The molecule has 0 atom stereocenters. The maximum absolute atomic E-state index is 12.4. The minimum absolute atomic E-state index is 0.0650. The van der Waals surface area contributed by atoms with Crippen molar-refractivity contribution >= 4 is 15.7 Å². The molecule has 0 saturated heterocycles. The summed E-state index contributed by atoms with van der Waals surface area (Å²) < 4.78 is 26.3. The molecule has 1 aromatic carbocycles. The Labute approximate surface area is 123 Å². The Kier molecular flexibility index (Phi) is 5.59. The summed E-state index contributed by atoms with van der Waals surface area (Å²) in [5.74, 6) is 0. The van der Waals surface area contributed by atoms with Crippen molar-refractivity contribution < 1.29 is 8.42 Å². The van der Waals surface area contributed by atoms with Crippen LogP contribution in [0.2, 0.25) is 0 Å². The zero-order valence-electron chi connectivity index (χ0n) is 13.1. The highest BCUT2D eigenvalue weighted by atomic mass is 32.2. The van der Waals surface area contributed by atoms with E-state index < -0.39 is 10.0 Å². The minimum Gasteiger partial charge on any atom is -0.385 e. The number of nitrogens with one attached hydrogen (secondary N) is 1. The number of hydrogen-bond acceptors (Lipinski definition) is 3. The molecule has 0 spiro atoms. The predicted octanol–water partition coefficient (Wildman–Crippen LogP) is 3.18. The van der Waals surface area contributed by atoms with E-state index in [2.05, 4.69) is 12.2 Å². The van der Waals surface area contributed by atoms with Gasteiger partial charge in [-0.1, -0.05) is 27.7 Å². The smallest absolute Gasteiger partial charge is 0.242 e. The first-order chi connectivity index (χ1) is 9.16. The molecule has 5 heteroatoms. The fraction of sp³-hybridized carbons (Fsp3) is 0.600. The average Bonchev–Trinajstić information content (AvgIpc) is 2.34. The molecule has 1 aromatic rings. The van der Waals surface area contributed by atoms with E-state index in [1.165, 1.54) is 4.31 Å². The maximum atomic E-state index is 12.4. The average molecular weight is 298 g/mol. The summed E-state index contributed by atoms with van der Waals surface area (Å²) in [6.07, 6.45) is 1.04. The van der Waals surface area contributed by atoms with Gasteiger partial charge in [-0.3, -0.25) is 0 Å². The van der Waals surface area contributed by atoms with Crippen molar-refractivity contribution in [3.63, 3.8) is 0 Å². The molecular formula is C15H26N2O2S. The standard InChI is InChI=1S/C15H26N2O2S/c1-6-11-16-13-7-9-14(10-8-13)20(18,19)17(5)12-15(2,3)4/h7-10,16H,6,11-12H2,1-5H3. The highest BCUT2D eigenvalue weighted by Crippen LogP contribution is 2.22. The van der Waals surface area contributed by atoms with Crippen LogP contribution in [0.1, 0.15) is 34.1 Å². The van der Waals surface area contributed by atoms with Crippen LogP contribution >= 0.6 is 0 Å². The van der Waals surface area contributed by atoms with Gasteiger partial charge in [-0.05, 0) is 36.1 Å². The Morgan fingerprint density at radius 3 is 2.15 bits per heavy atom. The first-order valence-electron chi connectivity index (χ1n) is 6.97. The fourth-order valence-corrected chi connectivity index (χ4v) is 3.34. The van der Waals surface area contributed by atoms with Gasteiger partial charge in [0.15, 0.2) is 0 Å². The summed E-state index contributed by atoms with van der Waals surface area (Å²) in [4.78, 5) is 0.339. The van der Waals surface area contributed by atoms with Gasteiger partial charge in [0.1, 0.15) is 0 Å². The topological polar surface area (TPSA) is 49.4 Å². The molecule has 0 aliphatic carbocycles. The molecule has 114 valence electrons. The van der Waals surface area contributed by atoms with Crippen molar-refractivity contribution in [1.29, 1.82) is 0 Å². The zero-order valence-corrected chi connectivity index (χ0v) is 13.9. The van der Waals surface area contributed by atoms with Crippen LogP contribution in [0.3, 0.4) is 0 Å². The van der Waals surface area contributed by atoms with E-state index in [1.807, 2.05) is 32.9 Å². The maximum Gasteiger partial charge on any atom is 0.242 e. The number of sulfonamides is 1. The van der Waals surface area contributed by atoms with E-state index in [0.29, 0.717) is 11.4 Å². The quantitative estimate of drug-likeness (QED) is 0.877. The van der Waals surface area contributed by atoms with Crippen LogP contribution in [0.15, 0.2) is 29.2 Å². The van der Waals surface area contributed by atoms with Crippen LogP contribution in [0.25, 0.3) is 0 Å². The summed E-state index contributed by atoms with van der Waals surface area (Å²) in [5, 5.41) is 3.23. The Morgan fingerprint density at radius 1 is 1.15 bits per heavy atom. The second kappa shape index (κ2) is 6.59. The molecular weight excluding hydrogens is 272 g/mol. The molecule has 0 aliphatic heterocycles. The van der Waals surface area contributed by atoms with Crippen LogP contribution in [0.5, 0.6) is 0 Å². The summed E-state index contributed by atoms with van der Waals surface area (Å²) in [5.41, 5.74) is 0.883. The van der Waals surface area contributed by atoms with Crippen molar-refractivity contribution in [2.45, 2.75) is 39.0 Å². The van der Waals surface area contributed by atoms with Crippen molar-refractivity contribution in [2.75, 3.05) is 25.5 Å². The molecule has 0 radical (unpaired) electrons. The van der Waals surface area contributed by atoms with E-state index in [9.17, 15) is 8.42 Å². The van der Waals surface area contributed by atoms with Gasteiger partial charge in [0.05, 0.1) is 4.90 Å². The molecule has 1 N–H and O–H groups in total. The summed E-state index contributed by atoms with van der Waals surface area (Å²) in [7, 11) is -1.78. The molecule has 0 bridgehead atoms. The van der Waals surface area contributed by atoms with Gasteiger partial charge in [-0.25, -0.2) is 12.7 Å². The van der Waals surface area contributed by atoms with Gasteiger partial charge in [0.25, 0.3) is 0 Å². The number of rotatable bonds is 6. The van der Waals surface area contributed by atoms with E-state index in [1.54, 1.807) is 19.2 Å². The molecule has 0 saturated carbocycles. The van der Waals surface area contributed by atoms with Crippen molar-refractivity contribution in [1.82, 2.24) is 4.31 Å². The van der Waals surface area contributed by atoms with E-state index in [-0.39, 0.29) is 5.41 Å². The van der Waals surface area contributed by atoms with E-state index in [4.69, 9.17) is 0 Å². The molecule has 0 unspecified atom stereocenters. The molecule has 0 amide bonds. The highest BCUT2D eigenvalue weighted by Gasteiger charge is 2.25. The number of benzene rings is 1. The normalized spacial score (nSPS) is 12.7. The molecule has 4 nitrogen and oxygen atoms in total. The van der Waals surface area contributed by atoms with Gasteiger partial charge in [-0.15, -0.1) is 0 Å². The lowest BCUT2D eigenvalue weighted by Gasteiger charge is -2.26. The predicted molar refractivity (Wildman–Crippen MR) is 84.5 cm³/mol. The summed E-state index contributed by atoms with van der Waals surface area (Å²) >= 11 is 0. The number of nitrogens with zero attached hydrogens (tertiary/aromatic N) is 1. The van der Waals surface area contributed by atoms with E-state index >= 15 is 0 Å². The largest absolute Gasteiger partial charge is 0.385 e. The third kappa shape index (κ3) is 4.80. The monoisotopic (exact) mass is 298 g/mol. The first kappa shape index (κ1) is 17.0. The van der Waals surface area contributed by atoms with Gasteiger partial charge in [0.2, 0.25) is 10.0 Å². The van der Waals surface area contributed by atoms with Gasteiger partial charge >= 0.3 is 0 Å². The number of hydrogen-bond donors (Lipinski definition) is 1. The second-order valence-corrected chi connectivity index (χ2v) is 8.32. The summed E-state index contributed by atoms with van der Waals surface area (Å²) in [6.45, 7) is 9.54. The van der Waals surface area contributed by atoms with E-state index in [0.717, 1.165) is 18.7 Å².